The van der Waals surface area contributed by atoms with Gasteiger partial charge in [-0.3, -0.25) is 10.1 Å². The fourth-order valence-electron chi connectivity index (χ4n) is 6.70. The molecule has 52 heavy (non-hydrogen) atoms. The maximum atomic E-state index is 11.6. The highest BCUT2D eigenvalue weighted by molar-refractivity contribution is 7.88. The van der Waals surface area contributed by atoms with E-state index in [0.717, 1.165) is 46.7 Å². The lowest BCUT2D eigenvalue weighted by Crippen LogP contribution is -2.41. The molecule has 0 radical (unpaired) electrons. The zero-order valence-corrected chi connectivity index (χ0v) is 31.8. The Hall–Kier alpha value is -4.52. The molecule has 0 atom stereocenters. The summed E-state index contributed by atoms with van der Waals surface area (Å²) in [5.74, 6) is 1.38. The Morgan fingerprint density at radius 2 is 1.13 bits per heavy atom. The summed E-state index contributed by atoms with van der Waals surface area (Å²) in [5.41, 5.74) is 13.0. The predicted molar refractivity (Wildman–Crippen MR) is 200 cm³/mol. The summed E-state index contributed by atoms with van der Waals surface area (Å²) in [6.45, 7) is 9.23. The average Bonchev–Trinajstić information content (AvgIpc) is 3.60. The van der Waals surface area contributed by atoms with E-state index < -0.39 is 25.0 Å². The third-order valence-corrected chi connectivity index (χ3v) is 12.1. The minimum Gasteiger partial charge on any atom is -0.397 e. The van der Waals surface area contributed by atoms with Crippen molar-refractivity contribution in [3.8, 4) is 22.3 Å². The molecule has 16 nitrogen and oxygen atoms in total. The van der Waals surface area contributed by atoms with Gasteiger partial charge in [0.05, 0.1) is 40.2 Å². The number of nitrogens with one attached hydrogen (secondary N) is 2. The van der Waals surface area contributed by atoms with Crippen molar-refractivity contribution in [1.29, 1.82) is 0 Å². The number of nitro groups is 1. The molecule has 282 valence electrons. The first-order valence-corrected chi connectivity index (χ1v) is 20.6. The van der Waals surface area contributed by atoms with Crippen molar-refractivity contribution < 1.29 is 30.8 Å². The Bertz CT molecular complexity index is 2090. The van der Waals surface area contributed by atoms with E-state index >= 15 is 0 Å². The van der Waals surface area contributed by atoms with E-state index in [2.05, 4.69) is 20.9 Å². The average molecular weight is 759 g/mol. The smallest absolute Gasteiger partial charge is 0.292 e. The van der Waals surface area contributed by atoms with Crippen LogP contribution in [0.15, 0.2) is 45.4 Å². The Labute approximate surface area is 304 Å². The summed E-state index contributed by atoms with van der Waals surface area (Å²) < 4.78 is 59.7. The van der Waals surface area contributed by atoms with E-state index in [-0.39, 0.29) is 17.8 Å². The monoisotopic (exact) mass is 758 g/mol. The lowest BCUT2D eigenvalue weighted by Gasteiger charge is -2.31. The van der Waals surface area contributed by atoms with Gasteiger partial charge in [-0.05, 0) is 82.7 Å². The maximum Gasteiger partial charge on any atom is 0.292 e. The van der Waals surface area contributed by atoms with Gasteiger partial charge in [-0.25, -0.2) is 25.4 Å². The summed E-state index contributed by atoms with van der Waals surface area (Å²) in [4.78, 5) is 11.2. The number of nitrogens with two attached hydrogens (primary N) is 1. The normalized spacial score (nSPS) is 16.7. The lowest BCUT2D eigenvalue weighted by atomic mass is 10.0. The van der Waals surface area contributed by atoms with Gasteiger partial charge in [0.25, 0.3) is 5.69 Å². The summed E-state index contributed by atoms with van der Waals surface area (Å²) in [5, 5.41) is 26.1. The molecular weight excluding hydrogens is 713 g/mol. The molecule has 18 heteroatoms. The molecule has 6 rings (SSSR count). The number of piperidine rings is 2. The predicted octanol–water partition coefficient (Wildman–Crippen LogP) is 5.08. The fourth-order valence-corrected chi connectivity index (χ4v) is 8.45. The van der Waals surface area contributed by atoms with Gasteiger partial charge in [-0.1, -0.05) is 22.4 Å². The number of hydrogen-bond donors (Lipinski definition) is 3. The van der Waals surface area contributed by atoms with Crippen molar-refractivity contribution in [2.75, 3.05) is 55.1 Å². The third-order valence-electron chi connectivity index (χ3n) is 9.46. The van der Waals surface area contributed by atoms with Crippen LogP contribution in [0.4, 0.5) is 22.7 Å². The highest BCUT2D eigenvalue weighted by atomic mass is 32.2. The molecule has 4 N–H and O–H groups in total. The van der Waals surface area contributed by atoms with Crippen LogP contribution in [0.2, 0.25) is 0 Å². The number of sulfonamides is 2. The molecule has 2 aliphatic heterocycles. The molecule has 0 spiro atoms. The van der Waals surface area contributed by atoms with Gasteiger partial charge >= 0.3 is 0 Å². The molecule has 0 aliphatic carbocycles. The zero-order valence-electron chi connectivity index (χ0n) is 30.2. The molecule has 0 unspecified atom stereocenters. The molecule has 2 aromatic heterocycles. The maximum absolute atomic E-state index is 11.6. The minimum atomic E-state index is -3.20. The molecular formula is C34H46N8O8S2. The van der Waals surface area contributed by atoms with Crippen LogP contribution in [0.3, 0.4) is 0 Å². The zero-order chi connectivity index (χ0) is 38.0. The molecule has 4 heterocycles. The van der Waals surface area contributed by atoms with Gasteiger partial charge in [0.2, 0.25) is 20.0 Å². The van der Waals surface area contributed by atoms with Gasteiger partial charge in [0, 0.05) is 55.5 Å². The van der Waals surface area contributed by atoms with Gasteiger partial charge in [-0.15, -0.1) is 0 Å². The first-order chi connectivity index (χ1) is 24.4. The summed E-state index contributed by atoms with van der Waals surface area (Å²) in [6.07, 6.45) is 5.16. The van der Waals surface area contributed by atoms with Gasteiger partial charge in [0.1, 0.15) is 17.2 Å². The number of aromatic nitrogens is 2. The number of nitrogens with zero attached hydrogens (tertiary/aromatic N) is 5. The van der Waals surface area contributed by atoms with Gasteiger partial charge in [0.15, 0.2) is 0 Å². The van der Waals surface area contributed by atoms with Crippen LogP contribution in [0.5, 0.6) is 0 Å². The Balaban J connectivity index is 0.000000202. The van der Waals surface area contributed by atoms with Crippen molar-refractivity contribution in [2.45, 2.75) is 65.5 Å². The Morgan fingerprint density at radius 3 is 1.50 bits per heavy atom. The number of nitrogen functional groups attached to an aromatic ring is 1. The SMILES string of the molecule is Cc1noc(C)c1-c1ccc(NC2CCN(S(C)(=O)=O)CC2)c(N)c1.Cc1noc(C)c1-c1ccc(NC2CCN(S(C)(=O)=O)CC2)c([N+](=O)[O-])c1. The standard InChI is InChI=1S/C17H22N4O5S.C17H24N4O3S/c1-11-17(12(2)26-19-11)13-4-5-15(16(10-13)21(22)23)18-14-6-8-20(9-7-14)27(3,24)25;1-11-17(12(2)24-20-11)13-4-5-16(15(18)10-13)19-14-6-8-21(9-7-14)25(3,22)23/h4-5,10,14,18H,6-9H2,1-3H3;4-5,10,14,19H,6-9,18H2,1-3H3. The Morgan fingerprint density at radius 1 is 0.731 bits per heavy atom. The van der Waals surface area contributed by atoms with Crippen molar-refractivity contribution in [1.82, 2.24) is 18.9 Å². The third kappa shape index (κ3) is 9.09. The highest BCUT2D eigenvalue weighted by Gasteiger charge is 2.28. The summed E-state index contributed by atoms with van der Waals surface area (Å²) in [7, 11) is -6.30. The largest absolute Gasteiger partial charge is 0.397 e. The molecule has 2 aromatic carbocycles. The number of rotatable bonds is 9. The highest BCUT2D eigenvalue weighted by Crippen LogP contribution is 2.35. The molecule has 4 aromatic rings. The van der Waals surface area contributed by atoms with Crippen LogP contribution >= 0.6 is 0 Å². The van der Waals surface area contributed by atoms with Crippen molar-refractivity contribution in [3.05, 3.63) is 69.4 Å². The van der Waals surface area contributed by atoms with Crippen LogP contribution in [0.1, 0.15) is 48.6 Å². The first kappa shape index (κ1) is 38.7. The van der Waals surface area contributed by atoms with E-state index in [9.17, 15) is 26.9 Å². The van der Waals surface area contributed by atoms with Crippen molar-refractivity contribution in [2.24, 2.45) is 0 Å². The number of anilines is 3. The quantitative estimate of drug-likeness (QED) is 0.115. The second-order valence-corrected chi connectivity index (χ2v) is 17.3. The molecule has 2 aliphatic rings. The van der Waals surface area contributed by atoms with E-state index in [0.29, 0.717) is 67.4 Å². The fraction of sp³-hybridized carbons (Fsp3) is 0.471. The van der Waals surface area contributed by atoms with Crippen LogP contribution in [0.25, 0.3) is 22.3 Å². The Kier molecular flexibility index (Phi) is 11.6. The number of hydrogen-bond acceptors (Lipinski definition) is 13. The van der Waals surface area contributed by atoms with E-state index in [4.69, 9.17) is 14.8 Å². The van der Waals surface area contributed by atoms with Crippen LogP contribution in [-0.2, 0) is 20.0 Å². The number of aryl methyl sites for hydroxylation is 4. The van der Waals surface area contributed by atoms with Gasteiger partial charge < -0.3 is 25.4 Å². The van der Waals surface area contributed by atoms with Crippen molar-refractivity contribution >= 4 is 42.8 Å². The number of nitro benzene ring substituents is 1. The second kappa shape index (κ2) is 15.6. The van der Waals surface area contributed by atoms with E-state index in [1.165, 1.54) is 27.2 Å². The molecule has 2 saturated heterocycles. The number of benzene rings is 2. The van der Waals surface area contributed by atoms with Crippen molar-refractivity contribution in [3.63, 3.8) is 0 Å². The van der Waals surface area contributed by atoms with Crippen LogP contribution < -0.4 is 16.4 Å². The molecule has 0 saturated carbocycles. The summed E-state index contributed by atoms with van der Waals surface area (Å²) >= 11 is 0. The van der Waals surface area contributed by atoms with E-state index in [1.807, 2.05) is 32.0 Å². The lowest BCUT2D eigenvalue weighted by molar-refractivity contribution is -0.383. The molecule has 2 fully saturated rings. The topological polar surface area (TPSA) is 220 Å². The first-order valence-electron chi connectivity index (χ1n) is 16.9. The molecule has 0 amide bonds. The summed E-state index contributed by atoms with van der Waals surface area (Å²) in [6, 6.07) is 11.1. The minimum absolute atomic E-state index is 0.0217. The van der Waals surface area contributed by atoms with E-state index in [1.54, 1.807) is 26.0 Å². The van der Waals surface area contributed by atoms with Gasteiger partial charge in [-0.2, -0.15) is 0 Å². The van der Waals surface area contributed by atoms with Crippen LogP contribution in [-0.4, -0.2) is 91.5 Å². The second-order valence-electron chi connectivity index (χ2n) is 13.4. The molecule has 0 bridgehead atoms. The van der Waals surface area contributed by atoms with Crippen LogP contribution in [0, 0.1) is 37.8 Å².